The topological polar surface area (TPSA) is 104 Å². The van der Waals surface area contributed by atoms with Gasteiger partial charge in [0.25, 0.3) is 11.8 Å². The van der Waals surface area contributed by atoms with E-state index in [0.29, 0.717) is 22.5 Å². The highest BCUT2D eigenvalue weighted by Crippen LogP contribution is 2.14. The van der Waals surface area contributed by atoms with Gasteiger partial charge in [0, 0.05) is 5.69 Å². The van der Waals surface area contributed by atoms with Crippen LogP contribution in [0.5, 0.6) is 0 Å². The smallest absolute Gasteiger partial charge is 0.291 e. The van der Waals surface area contributed by atoms with E-state index < -0.39 is 12.0 Å². The van der Waals surface area contributed by atoms with E-state index in [1.165, 1.54) is 6.26 Å². The number of aliphatic hydroxyl groups is 1. The van der Waals surface area contributed by atoms with E-state index in [1.807, 2.05) is 0 Å². The number of amides is 2. The third-order valence-corrected chi connectivity index (χ3v) is 3.98. The molecule has 3 aromatic rings. The number of carbonyl (C=O) groups is 2. The lowest BCUT2D eigenvalue weighted by atomic mass is 10.1. The Morgan fingerprint density at radius 3 is 2.54 bits per heavy atom. The zero-order chi connectivity index (χ0) is 19.9. The molecule has 0 unspecified atom stereocenters. The van der Waals surface area contributed by atoms with Crippen LogP contribution in [0.4, 0.5) is 5.69 Å². The van der Waals surface area contributed by atoms with Gasteiger partial charge in [-0.1, -0.05) is 42.5 Å². The Morgan fingerprint density at radius 2 is 1.82 bits per heavy atom. The summed E-state index contributed by atoms with van der Waals surface area (Å²) in [5.74, 6) is -0.790. The van der Waals surface area contributed by atoms with Crippen molar-refractivity contribution >= 4 is 23.2 Å². The van der Waals surface area contributed by atoms with Crippen LogP contribution in [0.25, 0.3) is 0 Å². The van der Waals surface area contributed by atoms with Gasteiger partial charge in [0.2, 0.25) is 0 Å². The molecule has 0 spiro atoms. The molecule has 2 amide bonds. The van der Waals surface area contributed by atoms with Crippen LogP contribution in [0.2, 0.25) is 0 Å². The molecule has 0 aliphatic carbocycles. The molecular formula is C21H19N3O4. The monoisotopic (exact) mass is 377 g/mol. The normalized spacial score (nSPS) is 12.3. The second kappa shape index (κ2) is 8.79. The number of benzene rings is 2. The van der Waals surface area contributed by atoms with Crippen LogP contribution in [0.3, 0.4) is 0 Å². The predicted octanol–water partition coefficient (Wildman–Crippen LogP) is 3.11. The zero-order valence-electron chi connectivity index (χ0n) is 15.1. The van der Waals surface area contributed by atoms with Crippen molar-refractivity contribution in [2.45, 2.75) is 13.0 Å². The summed E-state index contributed by atoms with van der Waals surface area (Å²) < 4.78 is 5.06. The largest absolute Gasteiger partial charge is 0.459 e. The number of nitrogens with zero attached hydrogens (tertiary/aromatic N) is 1. The molecule has 0 aliphatic heterocycles. The van der Waals surface area contributed by atoms with E-state index in [2.05, 4.69) is 15.8 Å². The molecule has 0 saturated carbocycles. The van der Waals surface area contributed by atoms with Crippen LogP contribution in [0.15, 0.2) is 82.5 Å². The Morgan fingerprint density at radius 1 is 1.04 bits per heavy atom. The number of anilines is 1. The summed E-state index contributed by atoms with van der Waals surface area (Å²) in [6, 6.07) is 18.8. The molecule has 2 aromatic carbocycles. The highest BCUT2D eigenvalue weighted by atomic mass is 16.3. The standard InChI is InChI=1S/C21H19N3O4/c1-14(23-24-21(27)19(25)15-7-3-2-4-8-15)16-9-5-10-17(13-16)22-20(26)18-11-6-12-28-18/h2-13,19,25H,1H3,(H,22,26)(H,24,27)/b23-14-/t19-/m0/s1. The first-order valence-electron chi connectivity index (χ1n) is 8.57. The second-order valence-electron chi connectivity index (χ2n) is 6.00. The Balaban J connectivity index is 1.66. The molecule has 142 valence electrons. The summed E-state index contributed by atoms with van der Waals surface area (Å²) in [5.41, 5.74) is 4.62. The summed E-state index contributed by atoms with van der Waals surface area (Å²) in [5, 5.41) is 16.8. The summed E-state index contributed by atoms with van der Waals surface area (Å²) in [7, 11) is 0. The fourth-order valence-corrected chi connectivity index (χ4v) is 2.47. The van der Waals surface area contributed by atoms with Crippen LogP contribution >= 0.6 is 0 Å². The fourth-order valence-electron chi connectivity index (χ4n) is 2.47. The Hall–Kier alpha value is -3.71. The Bertz CT molecular complexity index is 982. The maximum absolute atomic E-state index is 12.1. The molecule has 1 atom stereocenters. The molecule has 0 bridgehead atoms. The minimum absolute atomic E-state index is 0.206. The molecule has 0 saturated heterocycles. The van der Waals surface area contributed by atoms with Gasteiger partial charge in [0.05, 0.1) is 12.0 Å². The molecule has 7 nitrogen and oxygen atoms in total. The minimum Gasteiger partial charge on any atom is -0.459 e. The number of nitrogens with one attached hydrogen (secondary N) is 2. The van der Waals surface area contributed by atoms with Crippen molar-refractivity contribution in [3.8, 4) is 0 Å². The van der Waals surface area contributed by atoms with Gasteiger partial charge in [-0.2, -0.15) is 5.10 Å². The molecule has 1 heterocycles. The van der Waals surface area contributed by atoms with Crippen molar-refractivity contribution in [2.75, 3.05) is 5.32 Å². The minimum atomic E-state index is -1.31. The van der Waals surface area contributed by atoms with Gasteiger partial charge in [-0.05, 0) is 42.3 Å². The number of furan rings is 1. The average molecular weight is 377 g/mol. The first-order valence-corrected chi connectivity index (χ1v) is 8.57. The van der Waals surface area contributed by atoms with Crippen molar-refractivity contribution < 1.29 is 19.1 Å². The van der Waals surface area contributed by atoms with Crippen molar-refractivity contribution in [3.63, 3.8) is 0 Å². The maximum atomic E-state index is 12.1. The number of rotatable bonds is 6. The molecule has 0 aliphatic rings. The summed E-state index contributed by atoms with van der Waals surface area (Å²) in [6.45, 7) is 1.71. The molecule has 0 fully saturated rings. The number of hydrazone groups is 1. The SMILES string of the molecule is C/C(=N/NC(=O)[C@@H](O)c1ccccc1)c1cccc(NC(=O)c2ccco2)c1. The average Bonchev–Trinajstić information content (AvgIpc) is 3.27. The molecule has 28 heavy (non-hydrogen) atoms. The van der Waals surface area contributed by atoms with Crippen LogP contribution in [-0.4, -0.2) is 22.6 Å². The summed E-state index contributed by atoms with van der Waals surface area (Å²) in [6.07, 6.45) is 0.117. The van der Waals surface area contributed by atoms with Gasteiger partial charge in [0.1, 0.15) is 0 Å². The Kier molecular flexibility index (Phi) is 5.98. The quantitative estimate of drug-likeness (QED) is 0.453. The summed E-state index contributed by atoms with van der Waals surface area (Å²) in [4.78, 5) is 24.1. The highest BCUT2D eigenvalue weighted by Gasteiger charge is 2.16. The lowest BCUT2D eigenvalue weighted by Crippen LogP contribution is -2.26. The predicted molar refractivity (Wildman–Crippen MR) is 105 cm³/mol. The van der Waals surface area contributed by atoms with Crippen LogP contribution in [-0.2, 0) is 4.79 Å². The number of hydrogen-bond donors (Lipinski definition) is 3. The van der Waals surface area contributed by atoms with Gasteiger partial charge in [-0.15, -0.1) is 0 Å². The Labute approximate surface area is 161 Å². The number of hydrogen-bond acceptors (Lipinski definition) is 5. The first kappa shape index (κ1) is 19.1. The van der Waals surface area contributed by atoms with Crippen molar-refractivity contribution in [1.82, 2.24) is 5.43 Å². The van der Waals surface area contributed by atoms with Gasteiger partial charge >= 0.3 is 0 Å². The van der Waals surface area contributed by atoms with Crippen LogP contribution in [0, 0.1) is 0 Å². The molecule has 7 heteroatoms. The van der Waals surface area contributed by atoms with Crippen LogP contribution < -0.4 is 10.7 Å². The number of aliphatic hydroxyl groups excluding tert-OH is 1. The molecule has 3 N–H and O–H groups in total. The van der Waals surface area contributed by atoms with E-state index in [-0.39, 0.29) is 11.7 Å². The van der Waals surface area contributed by atoms with Crippen molar-refractivity contribution in [3.05, 3.63) is 89.9 Å². The third-order valence-electron chi connectivity index (χ3n) is 3.98. The molecule has 3 rings (SSSR count). The van der Waals surface area contributed by atoms with E-state index in [9.17, 15) is 14.7 Å². The fraction of sp³-hybridized carbons (Fsp3) is 0.0952. The highest BCUT2D eigenvalue weighted by molar-refractivity contribution is 6.04. The molecule has 0 radical (unpaired) electrons. The third kappa shape index (κ3) is 4.72. The lowest BCUT2D eigenvalue weighted by Gasteiger charge is -2.10. The second-order valence-corrected chi connectivity index (χ2v) is 6.00. The van der Waals surface area contributed by atoms with Gasteiger partial charge in [0.15, 0.2) is 11.9 Å². The van der Waals surface area contributed by atoms with Crippen molar-refractivity contribution in [2.24, 2.45) is 5.10 Å². The maximum Gasteiger partial charge on any atom is 0.291 e. The van der Waals surface area contributed by atoms with E-state index in [4.69, 9.17) is 4.42 Å². The van der Waals surface area contributed by atoms with Gasteiger partial charge < -0.3 is 14.8 Å². The lowest BCUT2D eigenvalue weighted by molar-refractivity contribution is -0.129. The van der Waals surface area contributed by atoms with E-state index >= 15 is 0 Å². The summed E-state index contributed by atoms with van der Waals surface area (Å²) >= 11 is 0. The molecular weight excluding hydrogens is 358 g/mol. The first-order chi connectivity index (χ1) is 13.5. The van der Waals surface area contributed by atoms with Gasteiger partial charge in [-0.3, -0.25) is 9.59 Å². The van der Waals surface area contributed by atoms with E-state index in [0.717, 1.165) is 0 Å². The van der Waals surface area contributed by atoms with Gasteiger partial charge in [-0.25, -0.2) is 5.43 Å². The number of carbonyl (C=O) groups excluding carboxylic acids is 2. The van der Waals surface area contributed by atoms with Crippen molar-refractivity contribution in [1.29, 1.82) is 0 Å². The van der Waals surface area contributed by atoms with E-state index in [1.54, 1.807) is 73.7 Å². The molecule has 1 aromatic heterocycles. The zero-order valence-corrected chi connectivity index (χ0v) is 15.1. The van der Waals surface area contributed by atoms with Crippen LogP contribution in [0.1, 0.15) is 34.7 Å².